The Kier molecular flexibility index (Phi) is 5.06. The van der Waals surface area contributed by atoms with E-state index in [2.05, 4.69) is 24.3 Å². The third-order valence-electron chi connectivity index (χ3n) is 2.88. The molecule has 0 fully saturated rings. The quantitative estimate of drug-likeness (QED) is 0.780. The zero-order valence-corrected chi connectivity index (χ0v) is 10.8. The molecule has 2 nitrogen and oxygen atoms in total. The second kappa shape index (κ2) is 7.27. The van der Waals surface area contributed by atoms with Gasteiger partial charge < -0.3 is 9.84 Å². The Morgan fingerprint density at radius 3 is 2.32 bits per heavy atom. The molecular weight excluding hydrogens is 236 g/mol. The van der Waals surface area contributed by atoms with Crippen LogP contribution in [0, 0.1) is 0 Å². The van der Waals surface area contributed by atoms with Crippen LogP contribution < -0.4 is 4.74 Å². The lowest BCUT2D eigenvalue weighted by atomic mass is 10.1. The lowest BCUT2D eigenvalue weighted by molar-refractivity contribution is 0.306. The van der Waals surface area contributed by atoms with Crippen LogP contribution in [0.2, 0.25) is 0 Å². The molecule has 0 bridgehead atoms. The Morgan fingerprint density at radius 2 is 1.63 bits per heavy atom. The molecule has 0 saturated carbocycles. The third kappa shape index (κ3) is 4.51. The van der Waals surface area contributed by atoms with Crippen molar-refractivity contribution in [2.45, 2.75) is 19.4 Å². The summed E-state index contributed by atoms with van der Waals surface area (Å²) in [5.41, 5.74) is 2.41. The summed E-state index contributed by atoms with van der Waals surface area (Å²) < 4.78 is 5.72. The second-order valence-corrected chi connectivity index (χ2v) is 4.34. The number of allylic oxidation sites excluding steroid dienone is 1. The zero-order chi connectivity index (χ0) is 13.3. The van der Waals surface area contributed by atoms with Gasteiger partial charge in [-0.1, -0.05) is 42.5 Å². The minimum Gasteiger partial charge on any atom is -0.516 e. The summed E-state index contributed by atoms with van der Waals surface area (Å²) in [6, 6.07) is 18.2. The van der Waals surface area contributed by atoms with Gasteiger partial charge >= 0.3 is 0 Å². The number of aryl methyl sites for hydroxylation is 1. The Labute approximate surface area is 114 Å². The van der Waals surface area contributed by atoms with Gasteiger partial charge in [0.25, 0.3) is 0 Å². The summed E-state index contributed by atoms with van der Waals surface area (Å²) >= 11 is 0. The smallest absolute Gasteiger partial charge is 0.119 e. The van der Waals surface area contributed by atoms with E-state index < -0.39 is 0 Å². The minimum absolute atomic E-state index is 0.591. The molecule has 2 heteroatoms. The van der Waals surface area contributed by atoms with E-state index in [9.17, 15) is 0 Å². The summed E-state index contributed by atoms with van der Waals surface area (Å²) in [5.74, 6) is 0.880. The van der Waals surface area contributed by atoms with E-state index >= 15 is 0 Å². The largest absolute Gasteiger partial charge is 0.516 e. The highest BCUT2D eigenvalue weighted by molar-refractivity contribution is 5.28. The van der Waals surface area contributed by atoms with Crippen molar-refractivity contribution in [2.75, 3.05) is 0 Å². The molecule has 2 aromatic carbocycles. The highest BCUT2D eigenvalue weighted by Crippen LogP contribution is 2.15. The summed E-state index contributed by atoms with van der Waals surface area (Å²) in [5, 5.41) is 8.57. The van der Waals surface area contributed by atoms with Crippen molar-refractivity contribution in [3.63, 3.8) is 0 Å². The van der Waals surface area contributed by atoms with Crippen LogP contribution in [0.15, 0.2) is 66.9 Å². The fraction of sp³-hybridized carbons (Fsp3) is 0.176. The number of aliphatic hydroxyl groups excluding tert-OH is 1. The van der Waals surface area contributed by atoms with Gasteiger partial charge in [0.15, 0.2) is 0 Å². The molecule has 0 aliphatic rings. The number of ether oxygens (including phenoxy) is 1. The van der Waals surface area contributed by atoms with Crippen LogP contribution in [0.3, 0.4) is 0 Å². The lowest BCUT2D eigenvalue weighted by Gasteiger charge is -2.07. The topological polar surface area (TPSA) is 29.5 Å². The van der Waals surface area contributed by atoms with Crippen LogP contribution in [0.25, 0.3) is 0 Å². The summed E-state index contributed by atoms with van der Waals surface area (Å²) in [7, 11) is 0. The van der Waals surface area contributed by atoms with Crippen LogP contribution in [0.4, 0.5) is 0 Å². The number of rotatable bonds is 6. The van der Waals surface area contributed by atoms with E-state index in [1.165, 1.54) is 11.1 Å². The average molecular weight is 254 g/mol. The number of benzene rings is 2. The van der Waals surface area contributed by atoms with Crippen molar-refractivity contribution in [1.29, 1.82) is 0 Å². The van der Waals surface area contributed by atoms with E-state index in [-0.39, 0.29) is 0 Å². The first-order chi connectivity index (χ1) is 9.38. The molecule has 0 aromatic heterocycles. The number of aliphatic hydroxyl groups is 1. The van der Waals surface area contributed by atoms with Gasteiger partial charge in [0.05, 0.1) is 6.26 Å². The molecule has 0 aliphatic carbocycles. The van der Waals surface area contributed by atoms with Gasteiger partial charge in [0.1, 0.15) is 12.4 Å². The zero-order valence-electron chi connectivity index (χ0n) is 10.8. The van der Waals surface area contributed by atoms with Crippen molar-refractivity contribution in [1.82, 2.24) is 0 Å². The maximum atomic E-state index is 8.57. The Hall–Kier alpha value is -2.22. The van der Waals surface area contributed by atoms with Crippen molar-refractivity contribution in [2.24, 2.45) is 0 Å². The Balaban J connectivity index is 1.85. The molecule has 1 N–H and O–H groups in total. The first kappa shape index (κ1) is 13.2. The monoisotopic (exact) mass is 254 g/mol. The average Bonchev–Trinajstić information content (AvgIpc) is 2.48. The van der Waals surface area contributed by atoms with Gasteiger partial charge in [-0.05, 0) is 42.2 Å². The van der Waals surface area contributed by atoms with Crippen LogP contribution in [0.5, 0.6) is 5.75 Å². The van der Waals surface area contributed by atoms with E-state index in [1.54, 1.807) is 6.08 Å². The van der Waals surface area contributed by atoms with Gasteiger partial charge in [0, 0.05) is 0 Å². The Morgan fingerprint density at radius 1 is 0.895 bits per heavy atom. The van der Waals surface area contributed by atoms with Crippen LogP contribution in [0.1, 0.15) is 17.5 Å². The fourth-order valence-electron chi connectivity index (χ4n) is 1.82. The van der Waals surface area contributed by atoms with Crippen LogP contribution in [-0.4, -0.2) is 5.11 Å². The second-order valence-electron chi connectivity index (χ2n) is 4.34. The Bertz CT molecular complexity index is 501. The summed E-state index contributed by atoms with van der Waals surface area (Å²) in [6.07, 6.45) is 4.62. The third-order valence-corrected chi connectivity index (χ3v) is 2.88. The SMILES string of the molecule is OC=CCCc1ccc(OCc2ccccc2)cc1. The molecule has 0 unspecified atom stereocenters. The molecule has 0 aliphatic heterocycles. The number of hydrogen-bond acceptors (Lipinski definition) is 2. The summed E-state index contributed by atoms with van der Waals surface area (Å²) in [4.78, 5) is 0. The molecule has 98 valence electrons. The van der Waals surface area contributed by atoms with E-state index in [4.69, 9.17) is 9.84 Å². The molecule has 0 saturated heterocycles. The minimum atomic E-state index is 0.591. The maximum absolute atomic E-state index is 8.57. The van der Waals surface area contributed by atoms with E-state index in [1.807, 2.05) is 30.3 Å². The number of hydrogen-bond donors (Lipinski definition) is 1. The van der Waals surface area contributed by atoms with Gasteiger partial charge in [-0.2, -0.15) is 0 Å². The standard InChI is InChI=1S/C17H18O2/c18-13-5-4-6-15-9-11-17(12-10-15)19-14-16-7-2-1-3-8-16/h1-3,5,7-13,18H,4,6,14H2. The van der Waals surface area contributed by atoms with Gasteiger partial charge in [0.2, 0.25) is 0 Å². The normalized spacial score (nSPS) is 10.7. The van der Waals surface area contributed by atoms with Gasteiger partial charge in [-0.25, -0.2) is 0 Å². The molecule has 19 heavy (non-hydrogen) atoms. The molecule has 2 rings (SSSR count). The maximum Gasteiger partial charge on any atom is 0.119 e. The molecule has 2 aromatic rings. The molecular formula is C17H18O2. The molecule has 0 radical (unpaired) electrons. The highest BCUT2D eigenvalue weighted by Gasteiger charge is 1.96. The van der Waals surface area contributed by atoms with Gasteiger partial charge in [-0.3, -0.25) is 0 Å². The first-order valence-corrected chi connectivity index (χ1v) is 6.43. The first-order valence-electron chi connectivity index (χ1n) is 6.43. The van der Waals surface area contributed by atoms with E-state index in [0.717, 1.165) is 24.9 Å². The predicted molar refractivity (Wildman–Crippen MR) is 77.3 cm³/mol. The van der Waals surface area contributed by atoms with Crippen molar-refractivity contribution in [3.05, 3.63) is 78.1 Å². The van der Waals surface area contributed by atoms with Crippen molar-refractivity contribution < 1.29 is 9.84 Å². The van der Waals surface area contributed by atoms with Crippen LogP contribution in [-0.2, 0) is 13.0 Å². The molecule has 0 heterocycles. The fourth-order valence-corrected chi connectivity index (χ4v) is 1.82. The molecule has 0 spiro atoms. The molecule has 0 atom stereocenters. The van der Waals surface area contributed by atoms with Gasteiger partial charge in [-0.15, -0.1) is 0 Å². The molecule has 0 amide bonds. The summed E-state index contributed by atoms with van der Waals surface area (Å²) in [6.45, 7) is 0.591. The van der Waals surface area contributed by atoms with E-state index in [0.29, 0.717) is 6.61 Å². The van der Waals surface area contributed by atoms with Crippen molar-refractivity contribution >= 4 is 0 Å². The van der Waals surface area contributed by atoms with Crippen LogP contribution >= 0.6 is 0 Å². The predicted octanol–water partition coefficient (Wildman–Crippen LogP) is 4.27. The van der Waals surface area contributed by atoms with Crippen molar-refractivity contribution in [3.8, 4) is 5.75 Å². The lowest BCUT2D eigenvalue weighted by Crippen LogP contribution is -1.95. The highest BCUT2D eigenvalue weighted by atomic mass is 16.5.